The highest BCUT2D eigenvalue weighted by Gasteiger charge is 2.20. The third kappa shape index (κ3) is 5.57. The normalized spacial score (nSPS) is 13.3. The molecule has 4 heteroatoms. The molecule has 0 aromatic carbocycles. The van der Waals surface area contributed by atoms with Gasteiger partial charge >= 0.3 is 0 Å². The third-order valence-electron chi connectivity index (χ3n) is 2.67. The number of pyridine rings is 1. The van der Waals surface area contributed by atoms with E-state index in [1.165, 1.54) is 0 Å². The van der Waals surface area contributed by atoms with Crippen LogP contribution in [0.5, 0.6) is 5.75 Å². The van der Waals surface area contributed by atoms with E-state index < -0.39 is 0 Å². The van der Waals surface area contributed by atoms with Gasteiger partial charge in [0, 0.05) is 6.20 Å². The summed E-state index contributed by atoms with van der Waals surface area (Å²) < 4.78 is 11.3. The Kier molecular flexibility index (Phi) is 6.25. The number of ether oxygens (including phenoxy) is 2. The maximum atomic E-state index is 5.88. The van der Waals surface area contributed by atoms with Gasteiger partial charge in [-0.3, -0.25) is 4.98 Å². The standard InChI is InChI=1S/C15H26N2O2/c1-6-9-16-12(11-19-15(2,3)4)14-13(18-5)8-7-10-17-14/h7-8,10,12,16H,6,9,11H2,1-5H3. The first-order chi connectivity index (χ1) is 8.98. The van der Waals surface area contributed by atoms with Gasteiger partial charge in [-0.15, -0.1) is 0 Å². The van der Waals surface area contributed by atoms with Gasteiger partial charge < -0.3 is 14.8 Å². The fourth-order valence-electron chi connectivity index (χ4n) is 1.72. The van der Waals surface area contributed by atoms with E-state index >= 15 is 0 Å². The van der Waals surface area contributed by atoms with Crippen LogP contribution in [-0.4, -0.2) is 30.8 Å². The number of nitrogens with one attached hydrogen (secondary N) is 1. The number of rotatable bonds is 7. The fourth-order valence-corrected chi connectivity index (χ4v) is 1.72. The largest absolute Gasteiger partial charge is 0.495 e. The van der Waals surface area contributed by atoms with E-state index in [1.807, 2.05) is 12.1 Å². The first kappa shape index (κ1) is 15.9. The van der Waals surface area contributed by atoms with Crippen molar-refractivity contribution in [1.82, 2.24) is 10.3 Å². The minimum atomic E-state index is -0.159. The van der Waals surface area contributed by atoms with Crippen LogP contribution in [0.3, 0.4) is 0 Å². The van der Waals surface area contributed by atoms with Gasteiger partial charge in [0.2, 0.25) is 0 Å². The van der Waals surface area contributed by atoms with Crippen LogP contribution in [0.4, 0.5) is 0 Å². The van der Waals surface area contributed by atoms with Crippen molar-refractivity contribution < 1.29 is 9.47 Å². The van der Waals surface area contributed by atoms with Gasteiger partial charge in [-0.2, -0.15) is 0 Å². The van der Waals surface area contributed by atoms with E-state index in [0.29, 0.717) is 6.61 Å². The summed E-state index contributed by atoms with van der Waals surface area (Å²) in [5.41, 5.74) is 0.747. The maximum absolute atomic E-state index is 5.88. The van der Waals surface area contributed by atoms with Crippen molar-refractivity contribution in [2.45, 2.75) is 45.8 Å². The van der Waals surface area contributed by atoms with Gasteiger partial charge in [-0.1, -0.05) is 6.92 Å². The first-order valence-corrected chi connectivity index (χ1v) is 6.84. The van der Waals surface area contributed by atoms with Crippen LogP contribution in [-0.2, 0) is 4.74 Å². The molecule has 1 rings (SSSR count). The quantitative estimate of drug-likeness (QED) is 0.824. The van der Waals surface area contributed by atoms with Crippen molar-refractivity contribution in [2.24, 2.45) is 0 Å². The number of nitrogens with zero attached hydrogens (tertiary/aromatic N) is 1. The Balaban J connectivity index is 2.82. The minimum absolute atomic E-state index is 0.0512. The van der Waals surface area contributed by atoms with E-state index in [0.717, 1.165) is 24.4 Å². The summed E-state index contributed by atoms with van der Waals surface area (Å²) in [6.45, 7) is 9.82. The molecule has 1 N–H and O–H groups in total. The number of hydrogen-bond acceptors (Lipinski definition) is 4. The molecule has 108 valence electrons. The van der Waals surface area contributed by atoms with Crippen LogP contribution >= 0.6 is 0 Å². The smallest absolute Gasteiger partial charge is 0.142 e. The lowest BCUT2D eigenvalue weighted by Gasteiger charge is -2.25. The lowest BCUT2D eigenvalue weighted by molar-refractivity contribution is -0.0155. The maximum Gasteiger partial charge on any atom is 0.142 e. The molecule has 4 nitrogen and oxygen atoms in total. The second-order valence-corrected chi connectivity index (χ2v) is 5.52. The zero-order valence-corrected chi connectivity index (χ0v) is 12.7. The topological polar surface area (TPSA) is 43.4 Å². The Hall–Kier alpha value is -1.13. The monoisotopic (exact) mass is 266 g/mol. The van der Waals surface area contributed by atoms with Crippen molar-refractivity contribution >= 4 is 0 Å². The molecule has 0 aliphatic rings. The molecule has 0 bridgehead atoms. The molecule has 19 heavy (non-hydrogen) atoms. The zero-order valence-electron chi connectivity index (χ0n) is 12.7. The van der Waals surface area contributed by atoms with E-state index in [4.69, 9.17) is 9.47 Å². The summed E-state index contributed by atoms with van der Waals surface area (Å²) in [7, 11) is 1.67. The van der Waals surface area contributed by atoms with Gasteiger partial charge in [0.15, 0.2) is 0 Å². The van der Waals surface area contributed by atoms with Crippen LogP contribution in [0, 0.1) is 0 Å². The Morgan fingerprint density at radius 2 is 2.11 bits per heavy atom. The van der Waals surface area contributed by atoms with E-state index in [9.17, 15) is 0 Å². The van der Waals surface area contributed by atoms with Crippen LogP contribution in [0.2, 0.25) is 0 Å². The van der Waals surface area contributed by atoms with E-state index in [1.54, 1.807) is 13.3 Å². The number of aromatic nitrogens is 1. The average molecular weight is 266 g/mol. The minimum Gasteiger partial charge on any atom is -0.495 e. The summed E-state index contributed by atoms with van der Waals surface area (Å²) in [6, 6.07) is 3.86. The van der Waals surface area contributed by atoms with Crippen molar-refractivity contribution in [1.29, 1.82) is 0 Å². The summed E-state index contributed by atoms with van der Waals surface area (Å²) in [6.07, 6.45) is 2.86. The molecule has 0 saturated carbocycles. The molecule has 1 heterocycles. The molecule has 1 aromatic rings. The van der Waals surface area contributed by atoms with Crippen molar-refractivity contribution in [3.63, 3.8) is 0 Å². The Morgan fingerprint density at radius 3 is 2.68 bits per heavy atom. The molecule has 0 amide bonds. The van der Waals surface area contributed by atoms with Crippen LogP contribution in [0.1, 0.15) is 45.9 Å². The molecular weight excluding hydrogens is 240 g/mol. The van der Waals surface area contributed by atoms with Gasteiger partial charge in [-0.05, 0) is 45.9 Å². The zero-order chi connectivity index (χ0) is 14.3. The van der Waals surface area contributed by atoms with E-state index in [-0.39, 0.29) is 11.6 Å². The highest BCUT2D eigenvalue weighted by molar-refractivity contribution is 5.29. The number of hydrogen-bond donors (Lipinski definition) is 1. The molecule has 0 spiro atoms. The van der Waals surface area contributed by atoms with Crippen molar-refractivity contribution in [3.8, 4) is 5.75 Å². The Morgan fingerprint density at radius 1 is 1.37 bits per heavy atom. The SMILES string of the molecule is CCCNC(COC(C)(C)C)c1ncccc1OC. The van der Waals surface area contributed by atoms with Crippen LogP contribution < -0.4 is 10.1 Å². The van der Waals surface area contributed by atoms with Crippen molar-refractivity contribution in [3.05, 3.63) is 24.0 Å². The highest BCUT2D eigenvalue weighted by atomic mass is 16.5. The fraction of sp³-hybridized carbons (Fsp3) is 0.667. The summed E-state index contributed by atoms with van der Waals surface area (Å²) >= 11 is 0. The second kappa shape index (κ2) is 7.46. The molecule has 1 unspecified atom stereocenters. The van der Waals surface area contributed by atoms with Gasteiger partial charge in [0.05, 0.1) is 25.4 Å². The third-order valence-corrected chi connectivity index (χ3v) is 2.67. The lowest BCUT2D eigenvalue weighted by Crippen LogP contribution is -2.31. The summed E-state index contributed by atoms with van der Waals surface area (Å²) in [4.78, 5) is 4.44. The van der Waals surface area contributed by atoms with Gasteiger partial charge in [0.1, 0.15) is 11.4 Å². The highest BCUT2D eigenvalue weighted by Crippen LogP contribution is 2.24. The summed E-state index contributed by atoms with van der Waals surface area (Å²) in [5, 5.41) is 3.47. The Labute approximate surface area is 116 Å². The average Bonchev–Trinajstić information content (AvgIpc) is 2.38. The molecule has 0 radical (unpaired) electrons. The predicted octanol–water partition coefficient (Wildman–Crippen LogP) is 2.95. The van der Waals surface area contributed by atoms with Gasteiger partial charge in [0.25, 0.3) is 0 Å². The van der Waals surface area contributed by atoms with Crippen LogP contribution in [0.15, 0.2) is 18.3 Å². The number of methoxy groups -OCH3 is 1. The predicted molar refractivity (Wildman–Crippen MR) is 77.5 cm³/mol. The molecule has 1 atom stereocenters. The molecule has 0 aliphatic heterocycles. The molecular formula is C15H26N2O2. The molecule has 1 aromatic heterocycles. The van der Waals surface area contributed by atoms with Crippen LogP contribution in [0.25, 0.3) is 0 Å². The molecule has 0 aliphatic carbocycles. The second-order valence-electron chi connectivity index (χ2n) is 5.52. The molecule has 0 saturated heterocycles. The van der Waals surface area contributed by atoms with Crippen molar-refractivity contribution in [2.75, 3.05) is 20.3 Å². The first-order valence-electron chi connectivity index (χ1n) is 6.84. The van der Waals surface area contributed by atoms with E-state index in [2.05, 4.69) is 38.0 Å². The summed E-state index contributed by atoms with van der Waals surface area (Å²) in [5.74, 6) is 0.800. The van der Waals surface area contributed by atoms with Gasteiger partial charge in [-0.25, -0.2) is 0 Å². The molecule has 0 fully saturated rings. The Bertz CT molecular complexity index is 375. The lowest BCUT2D eigenvalue weighted by atomic mass is 10.1.